The number of nitrogens with zero attached hydrogens (tertiary/aromatic N) is 1. The molecular formula is C34H41N3O7. The average Bonchev–Trinajstić information content (AvgIpc) is 3.51. The van der Waals surface area contributed by atoms with Gasteiger partial charge in [-0.25, -0.2) is 9.59 Å². The maximum absolute atomic E-state index is 13.0. The molecule has 5 atom stereocenters. The van der Waals surface area contributed by atoms with E-state index in [0.29, 0.717) is 25.1 Å². The molecule has 4 N–H and O–H groups in total. The van der Waals surface area contributed by atoms with E-state index in [2.05, 4.69) is 15.5 Å². The first-order chi connectivity index (χ1) is 21.4. The fourth-order valence-corrected chi connectivity index (χ4v) is 5.91. The van der Waals surface area contributed by atoms with Crippen LogP contribution in [0.1, 0.15) is 53.9 Å². The highest BCUT2D eigenvalue weighted by Crippen LogP contribution is 2.39. The lowest BCUT2D eigenvalue weighted by molar-refractivity contribution is -0.253. The van der Waals surface area contributed by atoms with E-state index in [1.165, 1.54) is 7.11 Å². The largest absolute Gasteiger partial charge is 0.467 e. The van der Waals surface area contributed by atoms with Crippen molar-refractivity contribution in [3.8, 4) is 0 Å². The first kappa shape index (κ1) is 31.6. The number of carbonyl (C=O) groups excluding carboxylic acids is 2. The zero-order chi connectivity index (χ0) is 30.9. The number of likely N-dealkylation sites (tertiary alicyclic amines) is 1. The molecule has 0 radical (unpaired) electrons. The summed E-state index contributed by atoms with van der Waals surface area (Å²) in [6, 6.07) is 23.1. The number of rotatable bonds is 11. The number of ether oxygens (including phenoxy) is 3. The summed E-state index contributed by atoms with van der Waals surface area (Å²) in [5.41, 5.74) is 3.96. The Kier molecular flexibility index (Phi) is 11.0. The number of benzene rings is 3. The first-order valence-electron chi connectivity index (χ1n) is 15.1. The molecule has 0 saturated carbocycles. The van der Waals surface area contributed by atoms with Gasteiger partial charge in [-0.2, -0.15) is 0 Å². The molecule has 10 nitrogen and oxygen atoms in total. The number of amides is 2. The van der Waals surface area contributed by atoms with Gasteiger partial charge in [0.2, 0.25) is 0 Å². The van der Waals surface area contributed by atoms with Gasteiger partial charge in [0.15, 0.2) is 6.29 Å². The fraction of sp³-hybridized carbons (Fsp3) is 0.412. The summed E-state index contributed by atoms with van der Waals surface area (Å²) in [7, 11) is 1.29. The van der Waals surface area contributed by atoms with Gasteiger partial charge < -0.3 is 35.1 Å². The minimum atomic E-state index is -0.859. The number of hydrogen-bond donors (Lipinski definition) is 4. The predicted molar refractivity (Wildman–Crippen MR) is 165 cm³/mol. The summed E-state index contributed by atoms with van der Waals surface area (Å²) in [6.07, 6.45) is 1.84. The molecule has 3 aromatic carbocycles. The summed E-state index contributed by atoms with van der Waals surface area (Å²) in [4.78, 5) is 27.7. The van der Waals surface area contributed by atoms with Gasteiger partial charge in [-0.05, 0) is 48.2 Å². The lowest BCUT2D eigenvalue weighted by Gasteiger charge is -2.38. The van der Waals surface area contributed by atoms with Gasteiger partial charge in [0.05, 0.1) is 32.5 Å². The van der Waals surface area contributed by atoms with Crippen LogP contribution < -0.4 is 10.6 Å². The summed E-state index contributed by atoms with van der Waals surface area (Å²) < 4.78 is 17.9. The van der Waals surface area contributed by atoms with Gasteiger partial charge in [-0.1, -0.05) is 66.7 Å². The molecule has 10 heteroatoms. The van der Waals surface area contributed by atoms with Gasteiger partial charge in [0.1, 0.15) is 6.04 Å². The van der Waals surface area contributed by atoms with Crippen LogP contribution >= 0.6 is 0 Å². The number of methoxy groups -OCH3 is 1. The van der Waals surface area contributed by atoms with Crippen LogP contribution in [0.3, 0.4) is 0 Å². The second kappa shape index (κ2) is 15.3. The first-order valence-corrected chi connectivity index (χ1v) is 15.1. The van der Waals surface area contributed by atoms with Crippen LogP contribution in [0.15, 0.2) is 78.9 Å². The molecule has 5 rings (SSSR count). The normalized spacial score (nSPS) is 22.7. The van der Waals surface area contributed by atoms with Crippen molar-refractivity contribution < 1.29 is 34.0 Å². The Bertz CT molecular complexity index is 1370. The van der Waals surface area contributed by atoms with Gasteiger partial charge in [0.25, 0.3) is 0 Å². The van der Waals surface area contributed by atoms with E-state index in [4.69, 9.17) is 14.2 Å². The van der Waals surface area contributed by atoms with Crippen LogP contribution in [0, 0.1) is 0 Å². The van der Waals surface area contributed by atoms with E-state index in [1.807, 2.05) is 66.7 Å². The molecule has 2 amide bonds. The molecule has 2 fully saturated rings. The Morgan fingerprint density at radius 1 is 0.977 bits per heavy atom. The number of aliphatic hydroxyl groups is 2. The van der Waals surface area contributed by atoms with Gasteiger partial charge in [0, 0.05) is 36.7 Å². The van der Waals surface area contributed by atoms with Crippen LogP contribution in [0.5, 0.6) is 0 Å². The molecule has 0 aliphatic carbocycles. The Morgan fingerprint density at radius 3 is 2.50 bits per heavy atom. The third-order valence-electron chi connectivity index (χ3n) is 8.25. The van der Waals surface area contributed by atoms with Crippen LogP contribution in [-0.2, 0) is 32.0 Å². The highest BCUT2D eigenvalue weighted by atomic mass is 16.7. The smallest absolute Gasteiger partial charge is 0.328 e. The number of carbonyl (C=O) groups is 2. The zero-order valence-electron chi connectivity index (χ0n) is 24.9. The molecule has 2 heterocycles. The molecule has 2 saturated heterocycles. The Morgan fingerprint density at radius 2 is 1.77 bits per heavy atom. The molecule has 5 unspecified atom stereocenters. The maximum atomic E-state index is 13.0. The topological polar surface area (TPSA) is 130 Å². The van der Waals surface area contributed by atoms with Crippen molar-refractivity contribution in [3.63, 3.8) is 0 Å². The highest BCUT2D eigenvalue weighted by molar-refractivity contribution is 5.92. The van der Waals surface area contributed by atoms with Crippen molar-refractivity contribution in [1.82, 2.24) is 10.2 Å². The number of aliphatic hydroxyl groups excluding tert-OH is 2. The van der Waals surface area contributed by atoms with Gasteiger partial charge in [-0.15, -0.1) is 0 Å². The monoisotopic (exact) mass is 603 g/mol. The number of nitrogens with one attached hydrogen (secondary N) is 2. The highest BCUT2D eigenvalue weighted by Gasteiger charge is 2.35. The van der Waals surface area contributed by atoms with E-state index in [9.17, 15) is 19.8 Å². The summed E-state index contributed by atoms with van der Waals surface area (Å²) >= 11 is 0. The van der Waals surface area contributed by atoms with Gasteiger partial charge in [-0.3, -0.25) is 4.90 Å². The molecular weight excluding hydrogens is 562 g/mol. The zero-order valence-corrected chi connectivity index (χ0v) is 24.9. The quantitative estimate of drug-likeness (QED) is 0.241. The van der Waals surface area contributed by atoms with Crippen LogP contribution in [-0.4, -0.2) is 72.1 Å². The SMILES string of the molecule is COC(=O)C(Cc1ccccc1)NC(=O)Nc1cccc(C2OC(CN3CCCC3CO)CC(c3ccc(CO)cc3)O2)c1. The number of anilines is 1. The Balaban J connectivity index is 1.30. The fourth-order valence-electron chi connectivity index (χ4n) is 5.91. The molecule has 0 spiro atoms. The molecule has 2 aliphatic heterocycles. The maximum Gasteiger partial charge on any atom is 0.328 e. The molecule has 0 bridgehead atoms. The number of esters is 1. The molecule has 44 heavy (non-hydrogen) atoms. The van der Waals surface area contributed by atoms with Gasteiger partial charge >= 0.3 is 12.0 Å². The van der Waals surface area contributed by atoms with Crippen LogP contribution in [0.2, 0.25) is 0 Å². The number of hydrogen-bond acceptors (Lipinski definition) is 8. The molecule has 2 aliphatic rings. The summed E-state index contributed by atoms with van der Waals surface area (Å²) in [5.74, 6) is -0.535. The minimum Gasteiger partial charge on any atom is -0.467 e. The number of urea groups is 1. The molecule has 0 aromatic heterocycles. The van der Waals surface area contributed by atoms with Crippen molar-refractivity contribution >= 4 is 17.7 Å². The Labute approximate surface area is 257 Å². The minimum absolute atomic E-state index is 0.0301. The summed E-state index contributed by atoms with van der Waals surface area (Å²) in [5, 5.41) is 24.9. The van der Waals surface area contributed by atoms with Crippen LogP contribution in [0.4, 0.5) is 10.5 Å². The van der Waals surface area contributed by atoms with E-state index < -0.39 is 24.3 Å². The van der Waals surface area contributed by atoms with E-state index in [0.717, 1.165) is 41.6 Å². The predicted octanol–water partition coefficient (Wildman–Crippen LogP) is 4.09. The standard InChI is InChI=1S/C34H41N3O7/c1-42-32(40)30(17-23-7-3-2-4-8-23)36-34(41)35-27-10-5-9-26(18-27)33-43-29(20-37-16-6-11-28(37)22-39)19-31(44-33)25-14-12-24(21-38)13-15-25/h2-5,7-10,12-15,18,28-31,33,38-39H,6,11,16-17,19-22H2,1H3,(H2,35,36,41). The van der Waals surface area contributed by atoms with E-state index in [1.54, 1.807) is 12.1 Å². The molecule has 3 aromatic rings. The Hall–Kier alpha value is -3.80. The van der Waals surface area contributed by atoms with Crippen molar-refractivity contribution in [2.24, 2.45) is 0 Å². The second-order valence-corrected chi connectivity index (χ2v) is 11.3. The third-order valence-corrected chi connectivity index (χ3v) is 8.25. The molecule has 234 valence electrons. The van der Waals surface area contributed by atoms with Crippen molar-refractivity contribution in [1.29, 1.82) is 0 Å². The van der Waals surface area contributed by atoms with Crippen LogP contribution in [0.25, 0.3) is 0 Å². The van der Waals surface area contributed by atoms with E-state index >= 15 is 0 Å². The van der Waals surface area contributed by atoms with Crippen molar-refractivity contribution in [3.05, 3.63) is 101 Å². The van der Waals surface area contributed by atoms with Crippen molar-refractivity contribution in [2.45, 2.75) is 62.9 Å². The third kappa shape index (κ3) is 8.22. The van der Waals surface area contributed by atoms with Crippen molar-refractivity contribution in [2.75, 3.05) is 32.1 Å². The average molecular weight is 604 g/mol. The lowest BCUT2D eigenvalue weighted by atomic mass is 9.99. The second-order valence-electron chi connectivity index (χ2n) is 11.3. The lowest BCUT2D eigenvalue weighted by Crippen LogP contribution is -2.45. The summed E-state index contributed by atoms with van der Waals surface area (Å²) in [6.45, 7) is 1.68. The van der Waals surface area contributed by atoms with E-state index in [-0.39, 0.29) is 31.5 Å².